The summed E-state index contributed by atoms with van der Waals surface area (Å²) < 4.78 is 23.2. The van der Waals surface area contributed by atoms with Crippen molar-refractivity contribution in [2.24, 2.45) is 23.7 Å². The van der Waals surface area contributed by atoms with E-state index in [1.807, 2.05) is 102 Å². The molecule has 0 radical (unpaired) electrons. The van der Waals surface area contributed by atoms with Crippen molar-refractivity contribution >= 4 is 23.8 Å². The van der Waals surface area contributed by atoms with Crippen LogP contribution in [0.15, 0.2) is 60.7 Å². The molecule has 2 N–H and O–H groups in total. The molecule has 302 valence electrons. The lowest BCUT2D eigenvalue weighted by Crippen LogP contribution is -2.47. The SMILES string of the molecule is CCC(c1ccccc1)C(C(=O)NC(C)COC(C)COCCOCC(C)OCC(C)NC(=O)C(C(C)C(=O)[O-])C(CC)c1ccccc1)C(C)C(=O)[O-]. The van der Waals surface area contributed by atoms with E-state index in [-0.39, 0.29) is 61.2 Å². The topological polar surface area (TPSA) is 175 Å². The average Bonchev–Trinajstić information content (AvgIpc) is 3.15. The summed E-state index contributed by atoms with van der Waals surface area (Å²) in [5.74, 6) is -7.33. The molecule has 0 saturated heterocycles. The fourth-order valence-electron chi connectivity index (χ4n) is 6.70. The van der Waals surface area contributed by atoms with E-state index in [1.165, 1.54) is 13.8 Å². The Morgan fingerprint density at radius 2 is 0.889 bits per heavy atom. The lowest BCUT2D eigenvalue weighted by Gasteiger charge is -2.32. The van der Waals surface area contributed by atoms with E-state index in [4.69, 9.17) is 18.9 Å². The molecule has 12 nitrogen and oxygen atoms in total. The molecule has 2 aromatic rings. The number of carboxylic acid groups (broad SMARTS) is 2. The number of hydrogen-bond donors (Lipinski definition) is 2. The Morgan fingerprint density at radius 1 is 0.556 bits per heavy atom. The van der Waals surface area contributed by atoms with E-state index in [0.717, 1.165) is 11.1 Å². The molecule has 0 spiro atoms. The first-order valence-electron chi connectivity index (χ1n) is 19.2. The first-order valence-corrected chi connectivity index (χ1v) is 19.2. The number of carboxylic acids is 2. The monoisotopic (exact) mass is 754 g/mol. The van der Waals surface area contributed by atoms with Gasteiger partial charge in [0.2, 0.25) is 11.8 Å². The summed E-state index contributed by atoms with van der Waals surface area (Å²) in [6.45, 7) is 16.0. The first kappa shape index (κ1) is 46.3. The van der Waals surface area contributed by atoms with Crippen LogP contribution in [0, 0.1) is 23.7 Å². The predicted octanol–water partition coefficient (Wildman–Crippen LogP) is 3.23. The van der Waals surface area contributed by atoms with Gasteiger partial charge in [0.15, 0.2) is 0 Å². The number of nitrogens with one attached hydrogen (secondary N) is 2. The van der Waals surface area contributed by atoms with Crippen LogP contribution in [0.2, 0.25) is 0 Å². The molecule has 0 heterocycles. The molecule has 0 saturated carbocycles. The van der Waals surface area contributed by atoms with Crippen LogP contribution in [0.3, 0.4) is 0 Å². The third-order valence-corrected chi connectivity index (χ3v) is 9.74. The molecule has 10 atom stereocenters. The van der Waals surface area contributed by atoms with E-state index in [9.17, 15) is 29.4 Å². The Hall–Kier alpha value is -3.84. The number of benzene rings is 2. The van der Waals surface area contributed by atoms with Crippen LogP contribution in [0.4, 0.5) is 0 Å². The quantitative estimate of drug-likeness (QED) is 0.129. The third kappa shape index (κ3) is 15.5. The maximum atomic E-state index is 13.4. The van der Waals surface area contributed by atoms with Gasteiger partial charge in [0, 0.05) is 35.9 Å². The number of hydrogen-bond acceptors (Lipinski definition) is 10. The molecule has 0 aromatic heterocycles. The van der Waals surface area contributed by atoms with Crippen LogP contribution in [-0.4, -0.2) is 87.7 Å². The number of carbonyl (C=O) groups excluding carboxylic acids is 4. The van der Waals surface area contributed by atoms with Crippen LogP contribution in [0.1, 0.15) is 91.2 Å². The zero-order chi connectivity index (χ0) is 40.2. The van der Waals surface area contributed by atoms with Gasteiger partial charge in [0.1, 0.15) is 0 Å². The summed E-state index contributed by atoms with van der Waals surface area (Å²) in [4.78, 5) is 50.4. The maximum Gasteiger partial charge on any atom is 0.224 e. The predicted molar refractivity (Wildman–Crippen MR) is 202 cm³/mol. The molecule has 0 bridgehead atoms. The van der Waals surface area contributed by atoms with Crippen LogP contribution in [0.25, 0.3) is 0 Å². The minimum Gasteiger partial charge on any atom is -0.550 e. The second kappa shape index (κ2) is 24.5. The highest BCUT2D eigenvalue weighted by Crippen LogP contribution is 2.34. The molecule has 54 heavy (non-hydrogen) atoms. The number of ether oxygens (including phenoxy) is 4. The molecule has 0 fully saturated rings. The smallest absolute Gasteiger partial charge is 0.224 e. The lowest BCUT2D eigenvalue weighted by atomic mass is 9.76. The van der Waals surface area contributed by atoms with Crippen molar-refractivity contribution in [3.8, 4) is 0 Å². The largest absolute Gasteiger partial charge is 0.550 e. The van der Waals surface area contributed by atoms with Crippen LogP contribution < -0.4 is 20.8 Å². The van der Waals surface area contributed by atoms with Crippen molar-refractivity contribution in [1.82, 2.24) is 10.6 Å². The Labute approximate surface area is 321 Å². The molecule has 2 rings (SSSR count). The number of rotatable bonds is 27. The normalized spacial score (nSPS) is 17.1. The van der Waals surface area contributed by atoms with Gasteiger partial charge in [0.05, 0.1) is 63.7 Å². The summed E-state index contributed by atoms with van der Waals surface area (Å²) in [6.07, 6.45) is 0.671. The third-order valence-electron chi connectivity index (χ3n) is 9.74. The van der Waals surface area contributed by atoms with Gasteiger partial charge < -0.3 is 49.4 Å². The minimum absolute atomic E-state index is 0.220. The highest BCUT2D eigenvalue weighted by atomic mass is 16.6. The van der Waals surface area contributed by atoms with Gasteiger partial charge in [0.25, 0.3) is 0 Å². The van der Waals surface area contributed by atoms with E-state index in [0.29, 0.717) is 39.3 Å². The highest BCUT2D eigenvalue weighted by Gasteiger charge is 2.36. The second-order valence-electron chi connectivity index (χ2n) is 14.4. The van der Waals surface area contributed by atoms with E-state index in [1.54, 1.807) is 0 Å². The van der Waals surface area contributed by atoms with Gasteiger partial charge in [-0.15, -0.1) is 0 Å². The van der Waals surface area contributed by atoms with Crippen molar-refractivity contribution < 1.29 is 48.3 Å². The molecule has 0 aliphatic carbocycles. The molecule has 0 aliphatic heterocycles. The van der Waals surface area contributed by atoms with Crippen molar-refractivity contribution in [3.63, 3.8) is 0 Å². The first-order chi connectivity index (χ1) is 25.7. The highest BCUT2D eigenvalue weighted by molar-refractivity contribution is 5.86. The molecule has 2 aromatic carbocycles. The van der Waals surface area contributed by atoms with Crippen molar-refractivity contribution in [2.75, 3.05) is 39.6 Å². The van der Waals surface area contributed by atoms with Gasteiger partial charge in [-0.25, -0.2) is 0 Å². The molecule has 12 heteroatoms. The molecule has 10 unspecified atom stereocenters. The fraction of sp³-hybridized carbons (Fsp3) is 0.619. The zero-order valence-corrected chi connectivity index (χ0v) is 33.3. The summed E-state index contributed by atoms with van der Waals surface area (Å²) in [5, 5.41) is 29.5. The average molecular weight is 755 g/mol. The van der Waals surface area contributed by atoms with E-state index in [2.05, 4.69) is 10.6 Å². The zero-order valence-electron chi connectivity index (χ0n) is 33.3. The minimum atomic E-state index is -1.26. The Bertz CT molecular complexity index is 1290. The summed E-state index contributed by atoms with van der Waals surface area (Å²) in [5.41, 5.74) is 1.82. The van der Waals surface area contributed by atoms with Gasteiger partial charge >= 0.3 is 0 Å². The van der Waals surface area contributed by atoms with Crippen molar-refractivity contribution in [1.29, 1.82) is 0 Å². The van der Waals surface area contributed by atoms with Crippen molar-refractivity contribution in [2.45, 2.75) is 104 Å². The van der Waals surface area contributed by atoms with Crippen LogP contribution >= 0.6 is 0 Å². The Morgan fingerprint density at radius 3 is 1.19 bits per heavy atom. The van der Waals surface area contributed by atoms with Gasteiger partial charge in [-0.05, 0) is 63.5 Å². The summed E-state index contributed by atoms with van der Waals surface area (Å²) >= 11 is 0. The van der Waals surface area contributed by atoms with Gasteiger partial charge in [-0.1, -0.05) is 88.4 Å². The van der Waals surface area contributed by atoms with E-state index < -0.39 is 35.6 Å². The number of aliphatic carboxylic acids is 2. The summed E-state index contributed by atoms with van der Waals surface area (Å²) in [6, 6.07) is 18.2. The number of carbonyl (C=O) groups is 4. The van der Waals surface area contributed by atoms with Gasteiger partial charge in [-0.2, -0.15) is 0 Å². The maximum absolute atomic E-state index is 13.4. The number of amides is 2. The molecular weight excluding hydrogens is 692 g/mol. The fourth-order valence-corrected chi connectivity index (χ4v) is 6.70. The molecular formula is C42H62N2O10-2. The Balaban J connectivity index is 1.70. The van der Waals surface area contributed by atoms with E-state index >= 15 is 0 Å². The second-order valence-corrected chi connectivity index (χ2v) is 14.4. The standard InChI is InChI=1S/C42H64N2O10/c1-9-35(33-17-13-11-14-18-33)37(31(7)41(47)48)39(45)43-27(3)23-53-29(5)25-51-21-22-52-26-30(6)54-24-28(4)44-40(46)38(32(8)42(49)50)36(10-2)34-19-15-12-16-20-34/h11-20,27-32,35-38H,9-10,21-26H2,1-8H3,(H,43,45)(H,44,46)(H,47,48)(H,49,50)/p-2. The van der Waals surface area contributed by atoms with Gasteiger partial charge in [-0.3, -0.25) is 9.59 Å². The molecule has 0 aliphatic rings. The molecule has 2 amide bonds. The van der Waals surface area contributed by atoms with Crippen LogP contribution in [0.5, 0.6) is 0 Å². The Kier molecular flexibility index (Phi) is 21.1. The lowest BCUT2D eigenvalue weighted by molar-refractivity contribution is -0.313. The summed E-state index contributed by atoms with van der Waals surface area (Å²) in [7, 11) is 0. The van der Waals surface area contributed by atoms with Crippen molar-refractivity contribution in [3.05, 3.63) is 71.8 Å². The van der Waals surface area contributed by atoms with Crippen LogP contribution in [-0.2, 0) is 38.1 Å².